The van der Waals surface area contributed by atoms with Crippen molar-refractivity contribution in [1.29, 1.82) is 0 Å². The van der Waals surface area contributed by atoms with E-state index in [1.54, 1.807) is 30.4 Å². The van der Waals surface area contributed by atoms with Gasteiger partial charge in [-0.1, -0.05) is 0 Å². The first-order chi connectivity index (χ1) is 8.59. The van der Waals surface area contributed by atoms with Crippen molar-refractivity contribution in [1.82, 2.24) is 9.88 Å². The Morgan fingerprint density at radius 2 is 2.00 bits per heavy atom. The van der Waals surface area contributed by atoms with E-state index in [0.29, 0.717) is 18.4 Å². The highest BCUT2D eigenvalue weighted by atomic mass is 16.4. The Morgan fingerprint density at radius 1 is 1.33 bits per heavy atom. The van der Waals surface area contributed by atoms with Crippen LogP contribution in [0.15, 0.2) is 18.5 Å². The summed E-state index contributed by atoms with van der Waals surface area (Å²) in [5.74, 6) is -0.958. The molecular weight excluding hydrogens is 232 g/mol. The van der Waals surface area contributed by atoms with Crippen LogP contribution in [0.1, 0.15) is 36.0 Å². The van der Waals surface area contributed by atoms with Gasteiger partial charge in [0.15, 0.2) is 0 Å². The fourth-order valence-corrected chi connectivity index (χ4v) is 2.54. The standard InChI is InChI=1S/C13H18N2O3/c1-15(12(16)10-6-7-14-8-10)11-4-2-9(3-5-11)13(17)18/h6-9,11,14H,2-5H2,1H3,(H,17,18). The molecule has 0 unspecified atom stereocenters. The molecule has 2 N–H and O–H groups in total. The number of rotatable bonds is 3. The van der Waals surface area contributed by atoms with Crippen molar-refractivity contribution in [3.63, 3.8) is 0 Å². The largest absolute Gasteiger partial charge is 0.481 e. The van der Waals surface area contributed by atoms with Crippen molar-refractivity contribution in [3.05, 3.63) is 24.0 Å². The lowest BCUT2D eigenvalue weighted by Crippen LogP contribution is -2.40. The van der Waals surface area contributed by atoms with Gasteiger partial charge in [-0.2, -0.15) is 0 Å². The molecule has 0 radical (unpaired) electrons. The second-order valence-corrected chi connectivity index (χ2v) is 4.86. The molecule has 0 aromatic carbocycles. The summed E-state index contributed by atoms with van der Waals surface area (Å²) in [4.78, 5) is 27.6. The Balaban J connectivity index is 1.93. The molecule has 0 atom stereocenters. The normalized spacial score (nSPS) is 23.6. The van der Waals surface area contributed by atoms with Crippen molar-refractivity contribution in [2.45, 2.75) is 31.7 Å². The number of aromatic amines is 1. The summed E-state index contributed by atoms with van der Waals surface area (Å²) >= 11 is 0. The van der Waals surface area contributed by atoms with Crippen molar-refractivity contribution in [2.75, 3.05) is 7.05 Å². The summed E-state index contributed by atoms with van der Waals surface area (Å²) < 4.78 is 0. The van der Waals surface area contributed by atoms with Gasteiger partial charge in [-0.3, -0.25) is 9.59 Å². The quantitative estimate of drug-likeness (QED) is 0.858. The van der Waals surface area contributed by atoms with Crippen molar-refractivity contribution in [2.24, 2.45) is 5.92 Å². The molecule has 18 heavy (non-hydrogen) atoms. The number of aliphatic carboxylic acids is 1. The maximum absolute atomic E-state index is 12.1. The summed E-state index contributed by atoms with van der Waals surface area (Å²) in [7, 11) is 1.79. The maximum atomic E-state index is 12.1. The van der Waals surface area contributed by atoms with Crippen LogP contribution in [0.4, 0.5) is 0 Å². The molecule has 0 saturated heterocycles. The Kier molecular flexibility index (Phi) is 3.69. The smallest absolute Gasteiger partial charge is 0.306 e. The number of nitrogens with zero attached hydrogens (tertiary/aromatic N) is 1. The number of aromatic nitrogens is 1. The highest BCUT2D eigenvalue weighted by molar-refractivity contribution is 5.94. The van der Waals surface area contributed by atoms with Crippen LogP contribution in [0.25, 0.3) is 0 Å². The second-order valence-electron chi connectivity index (χ2n) is 4.86. The summed E-state index contributed by atoms with van der Waals surface area (Å²) in [5.41, 5.74) is 0.651. The van der Waals surface area contributed by atoms with Gasteiger partial charge in [0.25, 0.3) is 5.91 Å². The molecule has 5 heteroatoms. The van der Waals surface area contributed by atoms with Gasteiger partial charge >= 0.3 is 5.97 Å². The summed E-state index contributed by atoms with van der Waals surface area (Å²) in [6.45, 7) is 0. The minimum absolute atomic E-state index is 0.00461. The Hall–Kier alpha value is -1.78. The number of amides is 1. The third-order valence-corrected chi connectivity index (χ3v) is 3.76. The molecule has 0 bridgehead atoms. The van der Waals surface area contributed by atoms with Gasteiger partial charge < -0.3 is 15.0 Å². The third kappa shape index (κ3) is 2.55. The fraction of sp³-hybridized carbons (Fsp3) is 0.538. The number of nitrogens with one attached hydrogen (secondary N) is 1. The van der Waals surface area contributed by atoms with Crippen molar-refractivity contribution in [3.8, 4) is 0 Å². The average Bonchev–Trinajstić information content (AvgIpc) is 2.91. The highest BCUT2D eigenvalue weighted by Crippen LogP contribution is 2.27. The number of hydrogen-bond acceptors (Lipinski definition) is 2. The van der Waals surface area contributed by atoms with Crippen molar-refractivity contribution >= 4 is 11.9 Å². The molecule has 5 nitrogen and oxygen atoms in total. The Bertz CT molecular complexity index is 419. The maximum Gasteiger partial charge on any atom is 0.306 e. The predicted molar refractivity (Wildman–Crippen MR) is 66.3 cm³/mol. The van der Waals surface area contributed by atoms with E-state index >= 15 is 0 Å². The number of carbonyl (C=O) groups excluding carboxylic acids is 1. The SMILES string of the molecule is CN(C(=O)c1cc[nH]c1)C1CCC(C(=O)O)CC1. The predicted octanol–water partition coefficient (Wildman–Crippen LogP) is 1.73. The fourth-order valence-electron chi connectivity index (χ4n) is 2.54. The van der Waals surface area contributed by atoms with E-state index in [9.17, 15) is 9.59 Å². The summed E-state index contributed by atoms with van der Waals surface area (Å²) in [6, 6.07) is 1.91. The molecule has 1 heterocycles. The Labute approximate surface area is 106 Å². The first-order valence-corrected chi connectivity index (χ1v) is 6.22. The van der Waals surface area contributed by atoms with Crippen LogP contribution in [0, 0.1) is 5.92 Å². The summed E-state index contributed by atoms with van der Waals surface area (Å²) in [6.07, 6.45) is 6.26. The number of hydrogen-bond donors (Lipinski definition) is 2. The van der Waals surface area contributed by atoms with Gasteiger partial charge in [-0.05, 0) is 31.7 Å². The van der Waals surface area contributed by atoms with Gasteiger partial charge in [-0.15, -0.1) is 0 Å². The lowest BCUT2D eigenvalue weighted by Gasteiger charge is -2.33. The van der Waals surface area contributed by atoms with Crippen LogP contribution in [-0.2, 0) is 4.79 Å². The lowest BCUT2D eigenvalue weighted by molar-refractivity contribution is -0.143. The van der Waals surface area contributed by atoms with E-state index in [1.807, 2.05) is 0 Å². The van der Waals surface area contributed by atoms with Gasteiger partial charge in [0.1, 0.15) is 0 Å². The molecule has 2 rings (SSSR count). The molecule has 1 saturated carbocycles. The first kappa shape index (κ1) is 12.7. The van der Waals surface area contributed by atoms with Crippen LogP contribution in [0.5, 0.6) is 0 Å². The minimum atomic E-state index is -0.715. The molecule has 0 aliphatic heterocycles. The van der Waals surface area contributed by atoms with E-state index < -0.39 is 5.97 Å². The van der Waals surface area contributed by atoms with Gasteiger partial charge in [0.2, 0.25) is 0 Å². The second kappa shape index (κ2) is 5.25. The molecule has 1 amide bonds. The molecule has 1 aromatic heterocycles. The monoisotopic (exact) mass is 250 g/mol. The first-order valence-electron chi connectivity index (χ1n) is 6.22. The zero-order valence-corrected chi connectivity index (χ0v) is 10.4. The molecule has 1 aliphatic carbocycles. The Morgan fingerprint density at radius 3 is 2.50 bits per heavy atom. The van der Waals surface area contributed by atoms with Gasteiger partial charge in [0, 0.05) is 25.5 Å². The highest BCUT2D eigenvalue weighted by Gasteiger charge is 2.30. The van der Waals surface area contributed by atoms with E-state index in [1.165, 1.54) is 0 Å². The third-order valence-electron chi connectivity index (χ3n) is 3.76. The van der Waals surface area contributed by atoms with Gasteiger partial charge in [0.05, 0.1) is 11.5 Å². The molecule has 1 fully saturated rings. The van der Waals surface area contributed by atoms with Crippen LogP contribution in [0.2, 0.25) is 0 Å². The number of carboxylic acid groups (broad SMARTS) is 1. The van der Waals surface area contributed by atoms with Crippen LogP contribution in [0.3, 0.4) is 0 Å². The molecule has 1 aliphatic rings. The minimum Gasteiger partial charge on any atom is -0.481 e. The molecular formula is C13H18N2O3. The molecule has 98 valence electrons. The number of H-pyrrole nitrogens is 1. The number of carboxylic acids is 1. The number of carbonyl (C=O) groups is 2. The zero-order chi connectivity index (χ0) is 13.1. The molecule has 0 spiro atoms. The van der Waals surface area contributed by atoms with Crippen molar-refractivity contribution < 1.29 is 14.7 Å². The van der Waals surface area contributed by atoms with E-state index in [0.717, 1.165) is 12.8 Å². The van der Waals surface area contributed by atoms with E-state index in [-0.39, 0.29) is 17.9 Å². The van der Waals surface area contributed by atoms with E-state index in [4.69, 9.17) is 5.11 Å². The van der Waals surface area contributed by atoms with Crippen LogP contribution in [-0.4, -0.2) is 40.0 Å². The molecule has 1 aromatic rings. The summed E-state index contributed by atoms with van der Waals surface area (Å²) in [5, 5.41) is 8.94. The lowest BCUT2D eigenvalue weighted by atomic mass is 9.85. The van der Waals surface area contributed by atoms with Crippen LogP contribution < -0.4 is 0 Å². The van der Waals surface area contributed by atoms with E-state index in [2.05, 4.69) is 4.98 Å². The average molecular weight is 250 g/mol. The zero-order valence-electron chi connectivity index (χ0n) is 10.4. The van der Waals surface area contributed by atoms with Crippen LogP contribution >= 0.6 is 0 Å². The van der Waals surface area contributed by atoms with Gasteiger partial charge in [-0.25, -0.2) is 0 Å². The topological polar surface area (TPSA) is 73.4 Å².